The fraction of sp³-hybridized carbons (Fsp3) is 0.750. The summed E-state index contributed by atoms with van der Waals surface area (Å²) in [5, 5.41) is 29.0. The molecule has 18 heavy (non-hydrogen) atoms. The molecule has 0 aliphatic rings. The smallest absolute Gasteiger partial charge is 0.302 e. The number of carbonyl (C=O) groups is 1. The molecule has 106 valence electrons. The van der Waals surface area contributed by atoms with Gasteiger partial charge in [0.1, 0.15) is 0 Å². The Labute approximate surface area is 107 Å². The first-order valence-electron chi connectivity index (χ1n) is 5.66. The molecule has 0 bridgehead atoms. The van der Waals surface area contributed by atoms with Crippen molar-refractivity contribution in [3.05, 3.63) is 12.2 Å². The number of allylic oxidation sites excluding steroid dienone is 2. The van der Waals surface area contributed by atoms with Gasteiger partial charge in [-0.3, -0.25) is 4.79 Å². The summed E-state index contributed by atoms with van der Waals surface area (Å²) in [6.07, 6.45) is 3.59. The van der Waals surface area contributed by atoms with Crippen LogP contribution in [0, 0.1) is 5.41 Å². The van der Waals surface area contributed by atoms with E-state index in [-0.39, 0.29) is 18.3 Å². The van der Waals surface area contributed by atoms with E-state index in [9.17, 15) is 20.1 Å². The quantitative estimate of drug-likeness (QED) is 0.393. The highest BCUT2D eigenvalue weighted by molar-refractivity contribution is 5.82. The van der Waals surface area contributed by atoms with E-state index in [0.717, 1.165) is 7.11 Å². The summed E-state index contributed by atoms with van der Waals surface area (Å²) < 4.78 is 4.42. The van der Waals surface area contributed by atoms with E-state index in [1.54, 1.807) is 6.08 Å². The van der Waals surface area contributed by atoms with Gasteiger partial charge in [-0.15, -0.1) is 0 Å². The number of carbonyl (C=O) groups excluding carboxylic acids is 1. The Kier molecular flexibility index (Phi) is 5.49. The molecule has 1 atom stereocenters. The van der Waals surface area contributed by atoms with Crippen molar-refractivity contribution >= 4 is 5.91 Å². The molecule has 0 saturated heterocycles. The van der Waals surface area contributed by atoms with Crippen molar-refractivity contribution < 1.29 is 24.9 Å². The Morgan fingerprint density at radius 2 is 1.78 bits per heavy atom. The van der Waals surface area contributed by atoms with Crippen LogP contribution in [0.3, 0.4) is 0 Å². The van der Waals surface area contributed by atoms with Crippen molar-refractivity contribution in [3.63, 3.8) is 0 Å². The number of hydrogen-bond acceptors (Lipinski definition) is 5. The second-order valence-electron chi connectivity index (χ2n) is 5.34. The summed E-state index contributed by atoms with van der Waals surface area (Å²) in [5.74, 6) is -6.91. The molecule has 0 aromatic rings. The molecule has 0 rings (SSSR count). The number of primary amides is 1. The van der Waals surface area contributed by atoms with Crippen LogP contribution in [0.15, 0.2) is 12.2 Å². The predicted molar refractivity (Wildman–Crippen MR) is 66.2 cm³/mol. The third-order valence-electron chi connectivity index (χ3n) is 2.45. The van der Waals surface area contributed by atoms with Crippen LogP contribution in [0.25, 0.3) is 0 Å². The molecule has 6 heteroatoms. The molecule has 6 nitrogen and oxygen atoms in total. The third kappa shape index (κ3) is 4.38. The second-order valence-corrected chi connectivity index (χ2v) is 5.34. The highest BCUT2D eigenvalue weighted by Gasteiger charge is 2.53. The van der Waals surface area contributed by atoms with E-state index in [4.69, 9.17) is 5.73 Å². The van der Waals surface area contributed by atoms with Gasteiger partial charge in [0.25, 0.3) is 5.91 Å². The van der Waals surface area contributed by atoms with Gasteiger partial charge in [-0.2, -0.15) is 0 Å². The van der Waals surface area contributed by atoms with E-state index in [1.165, 1.54) is 0 Å². The molecule has 0 heterocycles. The minimum absolute atomic E-state index is 0.0329. The van der Waals surface area contributed by atoms with Gasteiger partial charge in [-0.05, 0) is 11.8 Å². The Morgan fingerprint density at radius 1 is 1.28 bits per heavy atom. The molecular weight excluding hydrogens is 238 g/mol. The summed E-state index contributed by atoms with van der Waals surface area (Å²) in [5.41, 5.74) is 4.86. The van der Waals surface area contributed by atoms with Gasteiger partial charge in [-0.25, -0.2) is 0 Å². The molecule has 0 spiro atoms. The van der Waals surface area contributed by atoms with Gasteiger partial charge in [0, 0.05) is 13.5 Å². The summed E-state index contributed by atoms with van der Waals surface area (Å²) in [4.78, 5) is 11.0. The summed E-state index contributed by atoms with van der Waals surface area (Å²) in [6, 6.07) is 0. The van der Waals surface area contributed by atoms with Gasteiger partial charge < -0.3 is 25.8 Å². The Balaban J connectivity index is 4.66. The molecule has 0 saturated carbocycles. The van der Waals surface area contributed by atoms with E-state index >= 15 is 0 Å². The van der Waals surface area contributed by atoms with Gasteiger partial charge in [0.2, 0.25) is 5.79 Å². The Bertz CT molecular complexity index is 319. The normalized spacial score (nSPS) is 16.8. The average Bonchev–Trinajstić information content (AvgIpc) is 2.21. The van der Waals surface area contributed by atoms with E-state index in [0.29, 0.717) is 0 Å². The molecule has 0 fully saturated rings. The van der Waals surface area contributed by atoms with Crippen LogP contribution in [0.1, 0.15) is 33.6 Å². The molecular formula is C12H23NO5. The summed E-state index contributed by atoms with van der Waals surface area (Å²) in [7, 11) is 0.969. The monoisotopic (exact) mass is 261 g/mol. The molecule has 0 radical (unpaired) electrons. The zero-order valence-corrected chi connectivity index (χ0v) is 11.3. The number of amides is 1. The molecule has 0 aliphatic heterocycles. The van der Waals surface area contributed by atoms with Crippen LogP contribution in [0.4, 0.5) is 0 Å². The summed E-state index contributed by atoms with van der Waals surface area (Å²) >= 11 is 0. The van der Waals surface area contributed by atoms with Crippen molar-refractivity contribution in [3.8, 4) is 0 Å². The van der Waals surface area contributed by atoms with E-state index in [2.05, 4.69) is 4.74 Å². The highest BCUT2D eigenvalue weighted by Crippen LogP contribution is 2.26. The topological polar surface area (TPSA) is 113 Å². The Hall–Kier alpha value is -0.950. The highest BCUT2D eigenvalue weighted by atomic mass is 16.7. The van der Waals surface area contributed by atoms with Gasteiger partial charge in [-0.1, -0.05) is 32.9 Å². The number of hydrogen-bond donors (Lipinski definition) is 4. The first kappa shape index (κ1) is 17.1. The number of nitrogens with two attached hydrogens (primary N) is 1. The first-order chi connectivity index (χ1) is 7.96. The number of methoxy groups -OCH3 is 1. The maximum absolute atomic E-state index is 11.0. The van der Waals surface area contributed by atoms with Gasteiger partial charge in [0.15, 0.2) is 0 Å². The van der Waals surface area contributed by atoms with Crippen molar-refractivity contribution in [1.82, 2.24) is 0 Å². The van der Waals surface area contributed by atoms with Crippen molar-refractivity contribution in [2.24, 2.45) is 11.1 Å². The second kappa shape index (κ2) is 5.79. The van der Waals surface area contributed by atoms with Crippen LogP contribution >= 0.6 is 0 Å². The lowest BCUT2D eigenvalue weighted by Gasteiger charge is -2.35. The van der Waals surface area contributed by atoms with Crippen molar-refractivity contribution in [2.75, 3.05) is 7.11 Å². The third-order valence-corrected chi connectivity index (χ3v) is 2.45. The van der Waals surface area contributed by atoms with Crippen LogP contribution in [0.2, 0.25) is 0 Å². The maximum Gasteiger partial charge on any atom is 0.302 e. The zero-order valence-electron chi connectivity index (χ0n) is 11.3. The van der Waals surface area contributed by atoms with Gasteiger partial charge >= 0.3 is 5.79 Å². The number of aliphatic hydroxyl groups is 3. The zero-order chi connectivity index (χ0) is 14.6. The van der Waals surface area contributed by atoms with E-state index < -0.39 is 17.5 Å². The average molecular weight is 261 g/mol. The predicted octanol–water partition coefficient (Wildman–Crippen LogP) is -0.130. The van der Waals surface area contributed by atoms with Crippen LogP contribution in [-0.2, 0) is 9.53 Å². The summed E-state index contributed by atoms with van der Waals surface area (Å²) in [6.45, 7) is 5.97. The minimum Gasteiger partial charge on any atom is -0.365 e. The number of rotatable bonds is 6. The molecule has 0 aromatic heterocycles. The van der Waals surface area contributed by atoms with Crippen LogP contribution in [0.5, 0.6) is 0 Å². The maximum atomic E-state index is 11.0. The van der Waals surface area contributed by atoms with Crippen LogP contribution in [-0.4, -0.2) is 39.9 Å². The molecule has 0 aromatic carbocycles. The van der Waals surface area contributed by atoms with E-state index in [1.807, 2.05) is 26.8 Å². The largest absolute Gasteiger partial charge is 0.365 e. The molecule has 1 amide bonds. The molecule has 1 unspecified atom stereocenters. The van der Waals surface area contributed by atoms with Crippen LogP contribution < -0.4 is 5.73 Å². The molecule has 0 aliphatic carbocycles. The minimum atomic E-state index is -2.82. The van der Waals surface area contributed by atoms with Crippen molar-refractivity contribution in [1.29, 1.82) is 0 Å². The number of ether oxygens (including phenoxy) is 1. The Morgan fingerprint density at radius 3 is 2.11 bits per heavy atom. The lowest BCUT2D eigenvalue weighted by molar-refractivity contribution is -0.346. The van der Waals surface area contributed by atoms with Crippen molar-refractivity contribution in [2.45, 2.75) is 45.2 Å². The first-order valence-corrected chi connectivity index (χ1v) is 5.66. The molecule has 5 N–H and O–H groups in total. The fourth-order valence-corrected chi connectivity index (χ4v) is 1.35. The lowest BCUT2D eigenvalue weighted by atomic mass is 9.94. The standard InChI is InChI=1S/C12H23NO5/c1-10(2,3)7-5-6-8-11(15,16)12(17,18-4)9(13)14/h5,7,15-17H,6,8H2,1-4H3,(H2,13,14). The SMILES string of the molecule is COC(O)(C(N)=O)C(O)(O)CCC=CC(C)(C)C. The van der Waals surface area contributed by atoms with Gasteiger partial charge in [0.05, 0.1) is 0 Å². The lowest BCUT2D eigenvalue weighted by Crippen LogP contribution is -2.63. The fourth-order valence-electron chi connectivity index (χ4n) is 1.35.